The van der Waals surface area contributed by atoms with Gasteiger partial charge in [0, 0.05) is 10.8 Å². The van der Waals surface area contributed by atoms with Crippen LogP contribution >= 0.6 is 0 Å². The molecular formula is C8H11F3N2O4. The fraction of sp³-hybridized carbons (Fsp3) is 0.750. The number of nitro groups is 1. The molecule has 9 heteroatoms. The summed E-state index contributed by atoms with van der Waals surface area (Å²) in [5.41, 5.74) is 0. The van der Waals surface area contributed by atoms with E-state index in [-0.39, 0.29) is 6.42 Å². The zero-order valence-corrected chi connectivity index (χ0v) is 8.86. The zero-order chi connectivity index (χ0) is 13.6. The first-order chi connectivity index (χ1) is 7.72. The lowest BCUT2D eigenvalue weighted by atomic mass is 9.98. The SMILES string of the molecule is CC[C@H](C=O)[C@@H](C[N+](=O)[O-])NC(=O)C(F)(F)F. The number of carbonyl (C=O) groups excluding carboxylic acids is 2. The second-order valence-corrected chi connectivity index (χ2v) is 3.30. The summed E-state index contributed by atoms with van der Waals surface area (Å²) in [6.07, 6.45) is -4.74. The molecule has 98 valence electrons. The van der Waals surface area contributed by atoms with Crippen molar-refractivity contribution in [1.82, 2.24) is 5.32 Å². The van der Waals surface area contributed by atoms with E-state index in [1.807, 2.05) is 0 Å². The van der Waals surface area contributed by atoms with Gasteiger partial charge < -0.3 is 10.1 Å². The van der Waals surface area contributed by atoms with Gasteiger partial charge in [-0.25, -0.2) is 0 Å². The van der Waals surface area contributed by atoms with Gasteiger partial charge in [0.2, 0.25) is 6.54 Å². The summed E-state index contributed by atoms with van der Waals surface area (Å²) in [6.45, 7) is 0.546. The van der Waals surface area contributed by atoms with Crippen LogP contribution in [0.3, 0.4) is 0 Å². The highest BCUT2D eigenvalue weighted by atomic mass is 19.4. The second kappa shape index (κ2) is 6.16. The van der Waals surface area contributed by atoms with Crippen molar-refractivity contribution in [2.75, 3.05) is 6.54 Å². The number of nitrogens with one attached hydrogen (secondary N) is 1. The van der Waals surface area contributed by atoms with Gasteiger partial charge in [0.15, 0.2) is 0 Å². The molecule has 1 amide bonds. The summed E-state index contributed by atoms with van der Waals surface area (Å²) in [5.74, 6) is -3.31. The van der Waals surface area contributed by atoms with Crippen molar-refractivity contribution in [3.05, 3.63) is 10.1 Å². The van der Waals surface area contributed by atoms with Crippen molar-refractivity contribution in [3.8, 4) is 0 Å². The van der Waals surface area contributed by atoms with E-state index in [0.717, 1.165) is 0 Å². The highest BCUT2D eigenvalue weighted by molar-refractivity contribution is 5.82. The lowest BCUT2D eigenvalue weighted by molar-refractivity contribution is -0.484. The summed E-state index contributed by atoms with van der Waals surface area (Å²) < 4.78 is 35.8. The molecule has 0 spiro atoms. The third kappa shape index (κ3) is 5.27. The molecule has 0 saturated carbocycles. The van der Waals surface area contributed by atoms with Crippen LogP contribution in [0.1, 0.15) is 13.3 Å². The first-order valence-electron chi connectivity index (χ1n) is 4.67. The maximum absolute atomic E-state index is 11.9. The molecule has 0 fully saturated rings. The summed E-state index contributed by atoms with van der Waals surface area (Å²) in [5, 5.41) is 11.7. The zero-order valence-electron chi connectivity index (χ0n) is 8.86. The van der Waals surface area contributed by atoms with Gasteiger partial charge in [-0.15, -0.1) is 0 Å². The summed E-state index contributed by atoms with van der Waals surface area (Å²) in [4.78, 5) is 30.5. The lowest BCUT2D eigenvalue weighted by Gasteiger charge is -2.20. The quantitative estimate of drug-likeness (QED) is 0.426. The molecular weight excluding hydrogens is 245 g/mol. The fourth-order valence-electron chi connectivity index (χ4n) is 1.17. The molecule has 0 aliphatic carbocycles. The minimum atomic E-state index is -5.13. The molecule has 0 aliphatic heterocycles. The number of nitrogens with zero attached hydrogens (tertiary/aromatic N) is 1. The minimum Gasteiger partial charge on any atom is -0.338 e. The van der Waals surface area contributed by atoms with Crippen molar-refractivity contribution in [2.24, 2.45) is 5.92 Å². The third-order valence-electron chi connectivity index (χ3n) is 2.08. The average Bonchev–Trinajstić information content (AvgIpc) is 2.16. The van der Waals surface area contributed by atoms with Crippen molar-refractivity contribution < 1.29 is 27.7 Å². The van der Waals surface area contributed by atoms with Gasteiger partial charge in [0.25, 0.3) is 0 Å². The van der Waals surface area contributed by atoms with E-state index in [1.165, 1.54) is 12.2 Å². The number of halogens is 3. The van der Waals surface area contributed by atoms with Crippen LogP contribution in [0.15, 0.2) is 0 Å². The number of carbonyl (C=O) groups is 2. The predicted octanol–water partition coefficient (Wildman–Crippen LogP) is 0.535. The summed E-state index contributed by atoms with van der Waals surface area (Å²) >= 11 is 0. The first kappa shape index (κ1) is 15.3. The Labute approximate surface area is 94.3 Å². The van der Waals surface area contributed by atoms with Gasteiger partial charge in [-0.05, 0) is 6.42 Å². The van der Waals surface area contributed by atoms with E-state index in [0.29, 0.717) is 6.29 Å². The van der Waals surface area contributed by atoms with Crippen LogP contribution in [-0.4, -0.2) is 35.9 Å². The minimum absolute atomic E-state index is 0.0974. The number of aldehydes is 1. The average molecular weight is 256 g/mol. The van der Waals surface area contributed by atoms with Gasteiger partial charge in [-0.2, -0.15) is 13.2 Å². The van der Waals surface area contributed by atoms with Crippen molar-refractivity contribution in [3.63, 3.8) is 0 Å². The molecule has 0 saturated heterocycles. The standard InChI is InChI=1S/C8H11F3N2O4/c1-2-5(4-14)6(3-13(16)17)12-7(15)8(9,10)11/h4-6H,2-3H2,1H3,(H,12,15)/t5-,6-/m1/s1. The summed E-state index contributed by atoms with van der Waals surface area (Å²) in [7, 11) is 0. The highest BCUT2D eigenvalue weighted by Crippen LogP contribution is 2.16. The van der Waals surface area contributed by atoms with Crippen LogP contribution in [0.5, 0.6) is 0 Å². The van der Waals surface area contributed by atoms with Gasteiger partial charge in [-0.3, -0.25) is 14.9 Å². The molecule has 6 nitrogen and oxygen atoms in total. The third-order valence-corrected chi connectivity index (χ3v) is 2.08. The van der Waals surface area contributed by atoms with Crippen LogP contribution in [0, 0.1) is 16.0 Å². The monoisotopic (exact) mass is 256 g/mol. The second-order valence-electron chi connectivity index (χ2n) is 3.30. The Hall–Kier alpha value is -1.67. The number of rotatable bonds is 6. The Morgan fingerprint density at radius 3 is 2.35 bits per heavy atom. The molecule has 0 heterocycles. The molecule has 2 atom stereocenters. The van der Waals surface area contributed by atoms with Crippen molar-refractivity contribution in [2.45, 2.75) is 25.6 Å². The normalized spacial score (nSPS) is 14.8. The summed E-state index contributed by atoms with van der Waals surface area (Å²) in [6, 6.07) is -1.46. The van der Waals surface area contributed by atoms with Crippen LogP contribution in [-0.2, 0) is 9.59 Å². The first-order valence-corrected chi connectivity index (χ1v) is 4.67. The van der Waals surface area contributed by atoms with E-state index in [2.05, 4.69) is 0 Å². The molecule has 0 aliphatic rings. The van der Waals surface area contributed by atoms with Gasteiger partial charge in [-0.1, -0.05) is 6.92 Å². The van der Waals surface area contributed by atoms with Gasteiger partial charge in [0.05, 0.1) is 0 Å². The molecule has 0 aromatic carbocycles. The maximum atomic E-state index is 11.9. The van der Waals surface area contributed by atoms with Gasteiger partial charge in [0.1, 0.15) is 12.3 Å². The molecule has 0 aromatic heterocycles. The Balaban J connectivity index is 4.76. The van der Waals surface area contributed by atoms with E-state index < -0.39 is 35.5 Å². The fourth-order valence-corrected chi connectivity index (χ4v) is 1.17. The van der Waals surface area contributed by atoms with E-state index >= 15 is 0 Å². The lowest BCUT2D eigenvalue weighted by Crippen LogP contribution is -2.49. The number of amides is 1. The van der Waals surface area contributed by atoms with E-state index in [1.54, 1.807) is 0 Å². The largest absolute Gasteiger partial charge is 0.471 e. The van der Waals surface area contributed by atoms with Crippen LogP contribution < -0.4 is 5.32 Å². The van der Waals surface area contributed by atoms with Crippen molar-refractivity contribution in [1.29, 1.82) is 0 Å². The van der Waals surface area contributed by atoms with Crippen LogP contribution in [0.25, 0.3) is 0 Å². The Morgan fingerprint density at radius 1 is 1.53 bits per heavy atom. The number of hydrogen-bond donors (Lipinski definition) is 1. The molecule has 17 heavy (non-hydrogen) atoms. The van der Waals surface area contributed by atoms with Crippen LogP contribution in [0.2, 0.25) is 0 Å². The predicted molar refractivity (Wildman–Crippen MR) is 49.7 cm³/mol. The highest BCUT2D eigenvalue weighted by Gasteiger charge is 2.41. The van der Waals surface area contributed by atoms with E-state index in [4.69, 9.17) is 0 Å². The Kier molecular flexibility index (Phi) is 5.56. The molecule has 0 rings (SSSR count). The molecule has 1 N–H and O–H groups in total. The topological polar surface area (TPSA) is 89.3 Å². The smallest absolute Gasteiger partial charge is 0.338 e. The van der Waals surface area contributed by atoms with Crippen molar-refractivity contribution >= 4 is 12.2 Å². The molecule has 0 radical (unpaired) electrons. The molecule has 0 unspecified atom stereocenters. The maximum Gasteiger partial charge on any atom is 0.471 e. The number of hydrogen-bond acceptors (Lipinski definition) is 4. The molecule has 0 aromatic rings. The van der Waals surface area contributed by atoms with Gasteiger partial charge >= 0.3 is 12.1 Å². The molecule has 0 bridgehead atoms. The van der Waals surface area contributed by atoms with E-state index in [9.17, 15) is 32.9 Å². The Bertz CT molecular complexity index is 306. The Morgan fingerprint density at radius 2 is 2.06 bits per heavy atom. The number of alkyl halides is 3. The van der Waals surface area contributed by atoms with Crippen LogP contribution in [0.4, 0.5) is 13.2 Å².